The zero-order valence-corrected chi connectivity index (χ0v) is 9.03. The van der Waals surface area contributed by atoms with Gasteiger partial charge in [-0.3, -0.25) is 0 Å². The van der Waals surface area contributed by atoms with Crippen molar-refractivity contribution < 1.29 is 4.74 Å². The van der Waals surface area contributed by atoms with Crippen molar-refractivity contribution in [1.29, 1.82) is 0 Å². The third-order valence-corrected chi connectivity index (χ3v) is 1.92. The van der Waals surface area contributed by atoms with Crippen molar-refractivity contribution in [2.24, 2.45) is 5.92 Å². The van der Waals surface area contributed by atoms with E-state index in [-0.39, 0.29) is 0 Å². The van der Waals surface area contributed by atoms with Gasteiger partial charge in [0.1, 0.15) is 0 Å². The van der Waals surface area contributed by atoms with E-state index in [2.05, 4.69) is 24.2 Å². The molecule has 0 fully saturated rings. The second-order valence-electron chi connectivity index (χ2n) is 3.75. The fourth-order valence-electron chi connectivity index (χ4n) is 1.06. The lowest BCUT2D eigenvalue weighted by Gasteiger charge is -2.07. The molecule has 0 aromatic carbocycles. The molecule has 0 radical (unpaired) electrons. The zero-order valence-electron chi connectivity index (χ0n) is 9.03. The summed E-state index contributed by atoms with van der Waals surface area (Å²) in [6, 6.07) is 0. The Hall–Kier alpha value is -1.10. The number of anilines is 1. The lowest BCUT2D eigenvalue weighted by atomic mass is 10.2. The molecule has 5 heteroatoms. The standard InChI is InChI=1S/C9H18N4O/c1-7(2)6-14-5-4-13-8(3)9(10)11-12-13/h7H,4-6,10H2,1-3H3. The summed E-state index contributed by atoms with van der Waals surface area (Å²) in [7, 11) is 0. The lowest BCUT2D eigenvalue weighted by molar-refractivity contribution is 0.100. The molecule has 0 atom stereocenters. The topological polar surface area (TPSA) is 66.0 Å². The minimum absolute atomic E-state index is 0.494. The number of nitrogens with zero attached hydrogens (tertiary/aromatic N) is 3. The molecule has 2 N–H and O–H groups in total. The van der Waals surface area contributed by atoms with Crippen LogP contribution in [-0.2, 0) is 11.3 Å². The first-order valence-corrected chi connectivity index (χ1v) is 4.84. The molecule has 0 aliphatic rings. The van der Waals surface area contributed by atoms with Crippen LogP contribution in [0, 0.1) is 12.8 Å². The van der Waals surface area contributed by atoms with E-state index in [1.807, 2.05) is 6.92 Å². The average molecular weight is 198 g/mol. The molecule has 0 spiro atoms. The van der Waals surface area contributed by atoms with E-state index in [4.69, 9.17) is 10.5 Å². The van der Waals surface area contributed by atoms with Crippen molar-refractivity contribution >= 4 is 5.82 Å². The SMILES string of the molecule is Cc1c(N)nnn1CCOCC(C)C. The summed E-state index contributed by atoms with van der Waals surface area (Å²) in [4.78, 5) is 0. The Kier molecular flexibility index (Phi) is 3.88. The Morgan fingerprint density at radius 1 is 1.50 bits per heavy atom. The summed E-state index contributed by atoms with van der Waals surface area (Å²) < 4.78 is 7.19. The molecule has 0 bridgehead atoms. The highest BCUT2D eigenvalue weighted by atomic mass is 16.5. The first-order chi connectivity index (χ1) is 6.61. The van der Waals surface area contributed by atoms with Crippen molar-refractivity contribution in [3.05, 3.63) is 5.69 Å². The van der Waals surface area contributed by atoms with Gasteiger partial charge in [0.05, 0.1) is 18.8 Å². The predicted octanol–water partition coefficient (Wildman–Crippen LogP) is 0.841. The normalized spacial score (nSPS) is 11.1. The van der Waals surface area contributed by atoms with Crippen molar-refractivity contribution in [2.75, 3.05) is 18.9 Å². The third kappa shape index (κ3) is 2.99. The molecule has 0 aliphatic carbocycles. The van der Waals surface area contributed by atoms with Gasteiger partial charge in [-0.05, 0) is 12.8 Å². The van der Waals surface area contributed by atoms with Crippen LogP contribution in [0.4, 0.5) is 5.82 Å². The summed E-state index contributed by atoms with van der Waals surface area (Å²) >= 11 is 0. The fraction of sp³-hybridized carbons (Fsp3) is 0.778. The van der Waals surface area contributed by atoms with E-state index in [9.17, 15) is 0 Å². The monoisotopic (exact) mass is 198 g/mol. The molecule has 1 aromatic heterocycles. The van der Waals surface area contributed by atoms with Crippen molar-refractivity contribution in [2.45, 2.75) is 27.3 Å². The highest BCUT2D eigenvalue weighted by Crippen LogP contribution is 2.03. The minimum atomic E-state index is 0.494. The maximum atomic E-state index is 5.56. The second-order valence-corrected chi connectivity index (χ2v) is 3.75. The van der Waals surface area contributed by atoms with Gasteiger partial charge in [-0.25, -0.2) is 4.68 Å². The first-order valence-electron chi connectivity index (χ1n) is 4.84. The van der Waals surface area contributed by atoms with Gasteiger partial charge in [0.2, 0.25) is 0 Å². The number of ether oxygens (including phenoxy) is 1. The largest absolute Gasteiger partial charge is 0.381 e. The molecular formula is C9H18N4O. The molecule has 1 heterocycles. The maximum absolute atomic E-state index is 5.56. The van der Waals surface area contributed by atoms with Crippen molar-refractivity contribution in [3.8, 4) is 0 Å². The Bertz CT molecular complexity index is 282. The number of hydrogen-bond donors (Lipinski definition) is 1. The molecule has 0 saturated carbocycles. The van der Waals surface area contributed by atoms with Gasteiger partial charge < -0.3 is 10.5 Å². The summed E-state index contributed by atoms with van der Waals surface area (Å²) in [5, 5.41) is 7.66. The molecule has 80 valence electrons. The summed E-state index contributed by atoms with van der Waals surface area (Å²) in [6.45, 7) is 8.29. The van der Waals surface area contributed by atoms with E-state index < -0.39 is 0 Å². The van der Waals surface area contributed by atoms with Crippen LogP contribution in [-0.4, -0.2) is 28.2 Å². The van der Waals surface area contributed by atoms with E-state index in [0.29, 0.717) is 24.9 Å². The molecule has 0 amide bonds. The van der Waals surface area contributed by atoms with Gasteiger partial charge in [0.15, 0.2) is 5.82 Å². The first kappa shape index (κ1) is 11.0. The van der Waals surface area contributed by atoms with Gasteiger partial charge in [-0.1, -0.05) is 19.1 Å². The minimum Gasteiger partial charge on any atom is -0.381 e. The van der Waals surface area contributed by atoms with Crippen molar-refractivity contribution in [1.82, 2.24) is 15.0 Å². The second kappa shape index (κ2) is 4.95. The summed E-state index contributed by atoms with van der Waals surface area (Å²) in [6.07, 6.45) is 0. The van der Waals surface area contributed by atoms with Gasteiger partial charge in [-0.15, -0.1) is 5.10 Å². The number of rotatable bonds is 5. The van der Waals surface area contributed by atoms with Crippen LogP contribution >= 0.6 is 0 Å². The van der Waals surface area contributed by atoms with E-state index in [1.54, 1.807) is 4.68 Å². The Balaban J connectivity index is 2.28. The molecular weight excluding hydrogens is 180 g/mol. The maximum Gasteiger partial charge on any atom is 0.168 e. The fourth-order valence-corrected chi connectivity index (χ4v) is 1.06. The molecule has 0 aliphatic heterocycles. The van der Waals surface area contributed by atoms with Crippen LogP contribution < -0.4 is 5.73 Å². The Morgan fingerprint density at radius 2 is 2.21 bits per heavy atom. The van der Waals surface area contributed by atoms with Crippen LogP contribution in [0.5, 0.6) is 0 Å². The molecule has 0 saturated heterocycles. The molecule has 1 aromatic rings. The number of hydrogen-bond acceptors (Lipinski definition) is 4. The molecule has 0 unspecified atom stereocenters. The van der Waals surface area contributed by atoms with Crippen LogP contribution in [0.15, 0.2) is 0 Å². The van der Waals surface area contributed by atoms with Gasteiger partial charge in [0.25, 0.3) is 0 Å². The summed E-state index contributed by atoms with van der Waals surface area (Å²) in [5.74, 6) is 1.06. The van der Waals surface area contributed by atoms with Gasteiger partial charge in [0, 0.05) is 6.61 Å². The molecule has 1 rings (SSSR count). The van der Waals surface area contributed by atoms with Gasteiger partial charge >= 0.3 is 0 Å². The molecule has 14 heavy (non-hydrogen) atoms. The number of nitrogens with two attached hydrogens (primary N) is 1. The van der Waals surface area contributed by atoms with Crippen LogP contribution in [0.25, 0.3) is 0 Å². The Labute approximate surface area is 84.2 Å². The average Bonchev–Trinajstić information content (AvgIpc) is 2.43. The van der Waals surface area contributed by atoms with E-state index in [1.165, 1.54) is 0 Å². The van der Waals surface area contributed by atoms with Crippen LogP contribution in [0.1, 0.15) is 19.5 Å². The molecule has 5 nitrogen and oxygen atoms in total. The van der Waals surface area contributed by atoms with Crippen LogP contribution in [0.2, 0.25) is 0 Å². The van der Waals surface area contributed by atoms with E-state index in [0.717, 1.165) is 12.3 Å². The Morgan fingerprint density at radius 3 is 2.71 bits per heavy atom. The summed E-state index contributed by atoms with van der Waals surface area (Å²) in [5.41, 5.74) is 6.46. The van der Waals surface area contributed by atoms with Crippen molar-refractivity contribution in [3.63, 3.8) is 0 Å². The number of aromatic nitrogens is 3. The quantitative estimate of drug-likeness (QED) is 0.712. The lowest BCUT2D eigenvalue weighted by Crippen LogP contribution is -2.11. The predicted molar refractivity (Wildman–Crippen MR) is 54.8 cm³/mol. The zero-order chi connectivity index (χ0) is 10.6. The highest BCUT2D eigenvalue weighted by Gasteiger charge is 2.03. The third-order valence-electron chi connectivity index (χ3n) is 1.92. The van der Waals surface area contributed by atoms with Gasteiger partial charge in [-0.2, -0.15) is 0 Å². The van der Waals surface area contributed by atoms with E-state index >= 15 is 0 Å². The van der Waals surface area contributed by atoms with Crippen LogP contribution in [0.3, 0.4) is 0 Å². The smallest absolute Gasteiger partial charge is 0.168 e. The number of nitrogen functional groups attached to an aromatic ring is 1. The highest BCUT2D eigenvalue weighted by molar-refractivity contribution is 5.31.